The summed E-state index contributed by atoms with van der Waals surface area (Å²) in [6, 6.07) is 0. The van der Waals surface area contributed by atoms with Crippen LogP contribution >= 0.6 is 0 Å². The van der Waals surface area contributed by atoms with Crippen LogP contribution in [-0.2, 0) is 0 Å². The molecule has 2 nitrogen and oxygen atoms in total. The molecule has 1 aliphatic heterocycles. The highest BCUT2D eigenvalue weighted by Gasteiger charge is 1.97. The molecule has 44 valence electrons. The van der Waals surface area contributed by atoms with Gasteiger partial charge in [0.2, 0.25) is 0 Å². The first kappa shape index (κ1) is 5.22. The van der Waals surface area contributed by atoms with Crippen molar-refractivity contribution in [1.29, 1.82) is 0 Å². The number of hydrogen-bond donors (Lipinski definition) is 1. The molecule has 0 aromatic rings. The van der Waals surface area contributed by atoms with Crippen LogP contribution in [0.2, 0.25) is 0 Å². The van der Waals surface area contributed by atoms with Crippen LogP contribution in [0.1, 0.15) is 0 Å². The summed E-state index contributed by atoms with van der Waals surface area (Å²) in [6.07, 6.45) is 5.93. The number of allylic oxidation sites excluding steroid dienone is 2. The van der Waals surface area contributed by atoms with Crippen molar-refractivity contribution in [2.24, 2.45) is 5.73 Å². The largest absolute Gasteiger partial charge is 0.385 e. The predicted octanol–water partition coefficient (Wildman–Crippen LogP) is 0.288. The Bertz CT molecular complexity index is 135. The zero-order valence-corrected chi connectivity index (χ0v) is 4.96. The normalized spacial score (nSPS) is 18.6. The molecule has 0 unspecified atom stereocenters. The van der Waals surface area contributed by atoms with E-state index in [1.165, 1.54) is 0 Å². The number of hydrogen-bond acceptors (Lipinski definition) is 2. The van der Waals surface area contributed by atoms with Crippen molar-refractivity contribution < 1.29 is 0 Å². The van der Waals surface area contributed by atoms with Gasteiger partial charge in [-0.1, -0.05) is 12.2 Å². The molecule has 1 rings (SSSR count). The minimum absolute atomic E-state index is 0.840. The van der Waals surface area contributed by atoms with Crippen molar-refractivity contribution in [3.05, 3.63) is 24.0 Å². The minimum atomic E-state index is 0.840. The quantitative estimate of drug-likeness (QED) is 0.485. The van der Waals surface area contributed by atoms with Gasteiger partial charge in [-0.25, -0.2) is 0 Å². The van der Waals surface area contributed by atoms with E-state index < -0.39 is 0 Å². The zero-order valence-electron chi connectivity index (χ0n) is 4.96. The van der Waals surface area contributed by atoms with Gasteiger partial charge in [0.15, 0.2) is 0 Å². The maximum absolute atomic E-state index is 5.51. The molecule has 0 saturated carbocycles. The van der Waals surface area contributed by atoms with Crippen molar-refractivity contribution in [3.8, 4) is 0 Å². The van der Waals surface area contributed by atoms with E-state index in [0.29, 0.717) is 0 Å². The zero-order chi connectivity index (χ0) is 5.98. The molecule has 2 N–H and O–H groups in total. The molecule has 0 spiro atoms. The molecule has 0 aliphatic carbocycles. The second kappa shape index (κ2) is 1.90. The average Bonchev–Trinajstić information content (AvgIpc) is 1.77. The third kappa shape index (κ3) is 0.832. The molecule has 0 amide bonds. The van der Waals surface area contributed by atoms with Gasteiger partial charge in [-0.2, -0.15) is 0 Å². The maximum atomic E-state index is 5.51. The summed E-state index contributed by atoms with van der Waals surface area (Å²) >= 11 is 0. The van der Waals surface area contributed by atoms with Crippen LogP contribution in [0.15, 0.2) is 24.0 Å². The van der Waals surface area contributed by atoms with Crippen LogP contribution in [0.5, 0.6) is 0 Å². The van der Waals surface area contributed by atoms with E-state index in [1.54, 1.807) is 0 Å². The monoisotopic (exact) mass is 110 g/mol. The van der Waals surface area contributed by atoms with Gasteiger partial charge in [0.25, 0.3) is 0 Å². The van der Waals surface area contributed by atoms with E-state index in [4.69, 9.17) is 5.73 Å². The summed E-state index contributed by atoms with van der Waals surface area (Å²) in [5.41, 5.74) is 5.51. The molecule has 1 aliphatic rings. The van der Waals surface area contributed by atoms with Crippen LogP contribution in [0, 0.1) is 0 Å². The highest BCUT2D eigenvalue weighted by atomic mass is 15.2. The van der Waals surface area contributed by atoms with Crippen LogP contribution < -0.4 is 5.73 Å². The Morgan fingerprint density at radius 3 is 2.88 bits per heavy atom. The molecule has 0 saturated heterocycles. The van der Waals surface area contributed by atoms with Crippen molar-refractivity contribution in [3.63, 3.8) is 0 Å². The Hall–Kier alpha value is -0.920. The number of rotatable bonds is 0. The number of nitrogens with two attached hydrogens (primary N) is 1. The summed E-state index contributed by atoms with van der Waals surface area (Å²) in [5, 5.41) is 0. The summed E-state index contributed by atoms with van der Waals surface area (Å²) in [4.78, 5) is 1.99. The molecule has 0 aromatic heterocycles. The van der Waals surface area contributed by atoms with Gasteiger partial charge in [-0.15, -0.1) is 0 Å². The first-order chi connectivity index (χ1) is 3.80. The molecule has 0 atom stereocenters. The van der Waals surface area contributed by atoms with Gasteiger partial charge < -0.3 is 10.6 Å². The lowest BCUT2D eigenvalue weighted by molar-refractivity contribution is 0.454. The van der Waals surface area contributed by atoms with E-state index in [9.17, 15) is 0 Å². The van der Waals surface area contributed by atoms with Gasteiger partial charge in [-0.3, -0.25) is 0 Å². The highest BCUT2D eigenvalue weighted by molar-refractivity contribution is 5.14. The van der Waals surface area contributed by atoms with Crippen LogP contribution in [-0.4, -0.2) is 18.5 Å². The van der Waals surface area contributed by atoms with Gasteiger partial charge in [-0.05, 0) is 6.08 Å². The fourth-order valence-corrected chi connectivity index (χ4v) is 0.618. The van der Waals surface area contributed by atoms with E-state index in [1.807, 2.05) is 24.1 Å². The Kier molecular flexibility index (Phi) is 1.24. The lowest BCUT2D eigenvalue weighted by Crippen LogP contribution is -2.24. The Morgan fingerprint density at radius 1 is 1.75 bits per heavy atom. The molecule has 1 heterocycles. The predicted molar refractivity (Wildman–Crippen MR) is 34.0 cm³/mol. The van der Waals surface area contributed by atoms with Crippen LogP contribution in [0.3, 0.4) is 0 Å². The summed E-state index contributed by atoms with van der Waals surface area (Å²) in [5.74, 6) is 0.840. The van der Waals surface area contributed by atoms with Crippen LogP contribution in [0.4, 0.5) is 0 Å². The Balaban J connectivity index is 2.66. The van der Waals surface area contributed by atoms with Crippen molar-refractivity contribution in [1.82, 2.24) is 4.90 Å². The molecular formula is C6H10N2. The van der Waals surface area contributed by atoms with Crippen molar-refractivity contribution in [2.75, 3.05) is 13.6 Å². The molecule has 2 heteroatoms. The van der Waals surface area contributed by atoms with Gasteiger partial charge in [0.05, 0.1) is 5.82 Å². The molecule has 8 heavy (non-hydrogen) atoms. The topological polar surface area (TPSA) is 29.3 Å². The number of likely N-dealkylation sites (N-methyl/N-ethyl adjacent to an activating group) is 1. The second-order valence-corrected chi connectivity index (χ2v) is 1.90. The number of nitrogens with zero attached hydrogens (tertiary/aromatic N) is 1. The minimum Gasteiger partial charge on any atom is -0.385 e. The lowest BCUT2D eigenvalue weighted by Gasteiger charge is -2.18. The third-order valence-corrected chi connectivity index (χ3v) is 1.22. The second-order valence-electron chi connectivity index (χ2n) is 1.90. The van der Waals surface area contributed by atoms with Gasteiger partial charge in [0.1, 0.15) is 0 Å². The highest BCUT2D eigenvalue weighted by Crippen LogP contribution is 1.98. The van der Waals surface area contributed by atoms with E-state index in [2.05, 4.69) is 6.08 Å². The standard InChI is InChI=1S/C6H10N2/c1-8-5-3-2-4-6(8)7/h2-4H,5,7H2,1H3. The molecule has 0 aromatic carbocycles. The van der Waals surface area contributed by atoms with Crippen LogP contribution in [0.25, 0.3) is 0 Å². The molecule has 0 fully saturated rings. The van der Waals surface area contributed by atoms with Crippen molar-refractivity contribution >= 4 is 0 Å². The lowest BCUT2D eigenvalue weighted by atomic mass is 10.3. The van der Waals surface area contributed by atoms with Crippen molar-refractivity contribution in [2.45, 2.75) is 0 Å². The van der Waals surface area contributed by atoms with E-state index >= 15 is 0 Å². The van der Waals surface area contributed by atoms with Gasteiger partial charge in [0, 0.05) is 13.6 Å². The smallest absolute Gasteiger partial charge is 0.0986 e. The Morgan fingerprint density at radius 2 is 2.50 bits per heavy atom. The molecule has 0 bridgehead atoms. The van der Waals surface area contributed by atoms with Gasteiger partial charge >= 0.3 is 0 Å². The first-order valence-electron chi connectivity index (χ1n) is 2.64. The molecular weight excluding hydrogens is 100 g/mol. The summed E-state index contributed by atoms with van der Waals surface area (Å²) in [7, 11) is 1.97. The maximum Gasteiger partial charge on any atom is 0.0986 e. The fourth-order valence-electron chi connectivity index (χ4n) is 0.618. The third-order valence-electron chi connectivity index (χ3n) is 1.22. The Labute approximate surface area is 49.3 Å². The molecule has 0 radical (unpaired) electrons. The van der Waals surface area contributed by atoms with E-state index in [0.717, 1.165) is 12.4 Å². The average molecular weight is 110 g/mol. The summed E-state index contributed by atoms with van der Waals surface area (Å²) in [6.45, 7) is 0.933. The first-order valence-corrected chi connectivity index (χ1v) is 2.64. The fraction of sp³-hybridized carbons (Fsp3) is 0.333. The summed E-state index contributed by atoms with van der Waals surface area (Å²) < 4.78 is 0. The van der Waals surface area contributed by atoms with E-state index in [-0.39, 0.29) is 0 Å². The SMILES string of the molecule is CN1CC=CC=C1N.